The van der Waals surface area contributed by atoms with E-state index in [0.717, 1.165) is 5.56 Å². The quantitative estimate of drug-likeness (QED) is 0.884. The smallest absolute Gasteiger partial charge is 0.256 e. The molecule has 0 atom stereocenters. The lowest BCUT2D eigenvalue weighted by molar-refractivity contribution is 0.102. The molecule has 2 rings (SSSR count). The van der Waals surface area contributed by atoms with Crippen LogP contribution in [-0.4, -0.2) is 5.91 Å². The van der Waals surface area contributed by atoms with E-state index in [4.69, 9.17) is 0 Å². The average molecular weight is 314 g/mol. The van der Waals surface area contributed by atoms with Gasteiger partial charge in [0.25, 0.3) is 5.91 Å². The summed E-state index contributed by atoms with van der Waals surface area (Å²) < 4.78 is 13.3. The Kier molecular flexibility index (Phi) is 3.59. The fourth-order valence-corrected chi connectivity index (χ4v) is 2.57. The monoisotopic (exact) mass is 313 g/mol. The highest BCUT2D eigenvalue weighted by molar-refractivity contribution is 9.10. The van der Waals surface area contributed by atoms with Crippen LogP contribution in [0.25, 0.3) is 0 Å². The molecule has 1 heterocycles. The summed E-state index contributed by atoms with van der Waals surface area (Å²) in [6, 6.07) is 4.37. The molecule has 2 aromatic rings. The lowest BCUT2D eigenvalue weighted by Gasteiger charge is -2.05. The first-order valence-corrected chi connectivity index (χ1v) is 6.60. The van der Waals surface area contributed by atoms with Gasteiger partial charge in [-0.05, 0) is 52.0 Å². The van der Waals surface area contributed by atoms with Gasteiger partial charge in [-0.25, -0.2) is 4.39 Å². The Morgan fingerprint density at radius 1 is 1.41 bits per heavy atom. The summed E-state index contributed by atoms with van der Waals surface area (Å²) >= 11 is 4.56. The molecule has 1 aromatic carbocycles. The third-order valence-electron chi connectivity index (χ3n) is 2.28. The number of amides is 1. The Balaban J connectivity index is 2.19. The molecule has 0 saturated heterocycles. The molecule has 5 heteroatoms. The van der Waals surface area contributed by atoms with Crippen molar-refractivity contribution in [3.8, 4) is 0 Å². The molecule has 0 aliphatic heterocycles. The highest BCUT2D eigenvalue weighted by atomic mass is 79.9. The van der Waals surface area contributed by atoms with Crippen molar-refractivity contribution in [3.05, 3.63) is 50.4 Å². The fraction of sp³-hybridized carbons (Fsp3) is 0.0833. The maximum absolute atomic E-state index is 13.0. The molecular formula is C12H9BrFNOS. The number of carbonyl (C=O) groups excluding carboxylic acids is 1. The summed E-state index contributed by atoms with van der Waals surface area (Å²) in [7, 11) is 0. The maximum atomic E-state index is 13.0. The van der Waals surface area contributed by atoms with Gasteiger partial charge in [0, 0.05) is 11.1 Å². The largest absolute Gasteiger partial charge is 0.322 e. The molecule has 1 aromatic heterocycles. The van der Waals surface area contributed by atoms with Crippen LogP contribution in [0.5, 0.6) is 0 Å². The Morgan fingerprint density at radius 2 is 2.18 bits per heavy atom. The predicted octanol–water partition coefficient (Wildman–Crippen LogP) is 4.21. The van der Waals surface area contributed by atoms with Crippen LogP contribution in [0.4, 0.5) is 10.1 Å². The lowest BCUT2D eigenvalue weighted by Crippen LogP contribution is -2.12. The van der Waals surface area contributed by atoms with Gasteiger partial charge in [-0.15, -0.1) is 0 Å². The van der Waals surface area contributed by atoms with Crippen LogP contribution in [-0.2, 0) is 0 Å². The van der Waals surface area contributed by atoms with E-state index in [9.17, 15) is 9.18 Å². The van der Waals surface area contributed by atoms with Crippen molar-refractivity contribution in [2.24, 2.45) is 0 Å². The molecule has 0 radical (unpaired) electrons. The molecule has 88 valence electrons. The van der Waals surface area contributed by atoms with Crippen LogP contribution in [0.3, 0.4) is 0 Å². The van der Waals surface area contributed by atoms with Crippen LogP contribution < -0.4 is 5.32 Å². The fourth-order valence-electron chi connectivity index (χ4n) is 1.37. The first-order chi connectivity index (χ1) is 8.08. The van der Waals surface area contributed by atoms with Crippen molar-refractivity contribution in [1.29, 1.82) is 0 Å². The molecule has 0 unspecified atom stereocenters. The van der Waals surface area contributed by atoms with Gasteiger partial charge in [-0.3, -0.25) is 4.79 Å². The van der Waals surface area contributed by atoms with Gasteiger partial charge >= 0.3 is 0 Å². The second kappa shape index (κ2) is 4.98. The number of thiophene rings is 1. The number of hydrogen-bond acceptors (Lipinski definition) is 2. The molecule has 0 aliphatic carbocycles. The standard InChI is InChI=1S/C12H9BrFNOS/c1-7-5-17-6-9(7)12(16)15-8-2-3-11(14)10(13)4-8/h2-6H,1H3,(H,15,16). The highest BCUT2D eigenvalue weighted by Crippen LogP contribution is 2.21. The van der Waals surface area contributed by atoms with Gasteiger partial charge < -0.3 is 5.32 Å². The number of carbonyl (C=O) groups is 1. The van der Waals surface area contributed by atoms with Crippen LogP contribution in [0.15, 0.2) is 33.4 Å². The Labute approximate surface area is 111 Å². The first kappa shape index (κ1) is 12.3. The molecule has 0 bridgehead atoms. The van der Waals surface area contributed by atoms with Crippen molar-refractivity contribution in [1.82, 2.24) is 0 Å². The van der Waals surface area contributed by atoms with Gasteiger partial charge in [0.2, 0.25) is 0 Å². The normalized spacial score (nSPS) is 10.3. The Bertz CT molecular complexity index is 567. The van der Waals surface area contributed by atoms with Crippen LogP contribution >= 0.6 is 27.3 Å². The van der Waals surface area contributed by atoms with Crippen molar-refractivity contribution in [2.45, 2.75) is 6.92 Å². The minimum absolute atomic E-state index is 0.178. The van der Waals surface area contributed by atoms with Crippen molar-refractivity contribution in [3.63, 3.8) is 0 Å². The van der Waals surface area contributed by atoms with Gasteiger partial charge in [-0.2, -0.15) is 11.3 Å². The van der Waals surface area contributed by atoms with E-state index >= 15 is 0 Å². The Hall–Kier alpha value is -1.20. The summed E-state index contributed by atoms with van der Waals surface area (Å²) in [5.41, 5.74) is 2.15. The number of nitrogens with one attached hydrogen (secondary N) is 1. The molecule has 0 fully saturated rings. The number of hydrogen-bond donors (Lipinski definition) is 1. The highest BCUT2D eigenvalue weighted by Gasteiger charge is 2.10. The second-order valence-electron chi connectivity index (χ2n) is 3.55. The summed E-state index contributed by atoms with van der Waals surface area (Å²) in [6.07, 6.45) is 0. The molecule has 17 heavy (non-hydrogen) atoms. The van der Waals surface area contributed by atoms with Gasteiger partial charge in [0.1, 0.15) is 5.82 Å². The second-order valence-corrected chi connectivity index (χ2v) is 5.15. The molecule has 0 saturated carbocycles. The van der Waals surface area contributed by atoms with Crippen LogP contribution in [0.1, 0.15) is 15.9 Å². The Morgan fingerprint density at radius 3 is 2.76 bits per heavy atom. The summed E-state index contributed by atoms with van der Waals surface area (Å²) in [5, 5.41) is 6.43. The van der Waals surface area contributed by atoms with E-state index in [-0.39, 0.29) is 11.7 Å². The third kappa shape index (κ3) is 2.73. The van der Waals surface area contributed by atoms with E-state index in [1.54, 1.807) is 5.38 Å². The van der Waals surface area contributed by atoms with Gasteiger partial charge in [0.05, 0.1) is 10.0 Å². The minimum atomic E-state index is -0.352. The summed E-state index contributed by atoms with van der Waals surface area (Å²) in [5.74, 6) is -0.531. The van der Waals surface area contributed by atoms with E-state index in [0.29, 0.717) is 15.7 Å². The zero-order chi connectivity index (χ0) is 12.4. The summed E-state index contributed by atoms with van der Waals surface area (Å²) in [6.45, 7) is 1.88. The zero-order valence-electron chi connectivity index (χ0n) is 8.96. The predicted molar refractivity (Wildman–Crippen MR) is 71.1 cm³/mol. The van der Waals surface area contributed by atoms with E-state index in [2.05, 4.69) is 21.2 Å². The zero-order valence-corrected chi connectivity index (χ0v) is 11.4. The minimum Gasteiger partial charge on any atom is -0.322 e. The van der Waals surface area contributed by atoms with E-state index < -0.39 is 0 Å². The van der Waals surface area contributed by atoms with E-state index in [1.165, 1.54) is 29.5 Å². The number of halogens is 2. The third-order valence-corrected chi connectivity index (χ3v) is 3.75. The molecule has 0 spiro atoms. The molecule has 0 aliphatic rings. The van der Waals surface area contributed by atoms with Crippen molar-refractivity contribution in [2.75, 3.05) is 5.32 Å². The maximum Gasteiger partial charge on any atom is 0.256 e. The number of anilines is 1. The molecule has 2 nitrogen and oxygen atoms in total. The van der Waals surface area contributed by atoms with Crippen LogP contribution in [0.2, 0.25) is 0 Å². The van der Waals surface area contributed by atoms with E-state index in [1.807, 2.05) is 12.3 Å². The average Bonchev–Trinajstić information content (AvgIpc) is 2.70. The first-order valence-electron chi connectivity index (χ1n) is 4.87. The number of rotatable bonds is 2. The number of aryl methyl sites for hydroxylation is 1. The number of benzene rings is 1. The molecular weight excluding hydrogens is 305 g/mol. The topological polar surface area (TPSA) is 29.1 Å². The van der Waals surface area contributed by atoms with Crippen LogP contribution in [0, 0.1) is 12.7 Å². The lowest BCUT2D eigenvalue weighted by atomic mass is 10.2. The van der Waals surface area contributed by atoms with Crippen molar-refractivity contribution >= 4 is 38.9 Å². The van der Waals surface area contributed by atoms with Gasteiger partial charge in [-0.1, -0.05) is 0 Å². The van der Waals surface area contributed by atoms with Gasteiger partial charge in [0.15, 0.2) is 0 Å². The summed E-state index contributed by atoms with van der Waals surface area (Å²) in [4.78, 5) is 11.9. The SMILES string of the molecule is Cc1cscc1C(=O)Nc1ccc(F)c(Br)c1. The molecule has 1 N–H and O–H groups in total. The molecule has 1 amide bonds. The van der Waals surface area contributed by atoms with Crippen molar-refractivity contribution < 1.29 is 9.18 Å².